The van der Waals surface area contributed by atoms with Gasteiger partial charge in [0.05, 0.1) is 0 Å². The molecule has 1 aliphatic carbocycles. The Labute approximate surface area is 115 Å². The first kappa shape index (κ1) is 12.0. The Morgan fingerprint density at radius 1 is 1.22 bits per heavy atom. The van der Waals surface area contributed by atoms with Gasteiger partial charge < -0.3 is 9.80 Å². The lowest BCUT2D eigenvalue weighted by Gasteiger charge is -2.35. The van der Waals surface area contributed by atoms with Crippen molar-refractivity contribution in [3.8, 4) is 0 Å². The Morgan fingerprint density at radius 2 is 1.94 bits per heavy atom. The Balaban J connectivity index is 1.59. The van der Waals surface area contributed by atoms with Gasteiger partial charge in [0, 0.05) is 42.8 Å². The second-order valence-corrected chi connectivity index (χ2v) is 5.84. The molecule has 0 N–H and O–H groups in total. The number of carbonyl (C=O) groups is 1. The number of amides is 1. The highest BCUT2D eigenvalue weighted by molar-refractivity contribution is 9.10. The summed E-state index contributed by atoms with van der Waals surface area (Å²) in [5.41, 5.74) is 0. The highest BCUT2D eigenvalue weighted by Gasteiger charge is 2.34. The summed E-state index contributed by atoms with van der Waals surface area (Å²) < 4.78 is 0.994. The highest BCUT2D eigenvalue weighted by Crippen LogP contribution is 2.31. The molecule has 0 spiro atoms. The van der Waals surface area contributed by atoms with Gasteiger partial charge in [-0.25, -0.2) is 4.98 Å². The van der Waals surface area contributed by atoms with Crippen LogP contribution in [0, 0.1) is 5.92 Å². The van der Waals surface area contributed by atoms with E-state index in [-0.39, 0.29) is 0 Å². The van der Waals surface area contributed by atoms with E-state index in [9.17, 15) is 4.79 Å². The number of hydrogen-bond acceptors (Lipinski definition) is 3. The third-order valence-electron chi connectivity index (χ3n) is 3.55. The van der Waals surface area contributed by atoms with E-state index < -0.39 is 0 Å². The zero-order valence-electron chi connectivity index (χ0n) is 10.2. The van der Waals surface area contributed by atoms with E-state index in [1.54, 1.807) is 0 Å². The molecule has 1 aromatic heterocycles. The minimum Gasteiger partial charge on any atom is -0.353 e. The maximum Gasteiger partial charge on any atom is 0.225 e. The predicted molar refractivity (Wildman–Crippen MR) is 73.5 cm³/mol. The molecule has 1 saturated heterocycles. The standard InChI is InChI=1S/C13H16BrN3O/c14-11-3-4-12(15-9-11)16-5-7-17(8-6-16)13(18)10-1-2-10/h3-4,9-10H,1-2,5-8H2. The van der Waals surface area contributed by atoms with Crippen LogP contribution in [-0.2, 0) is 4.79 Å². The first-order valence-electron chi connectivity index (χ1n) is 6.39. The first-order valence-corrected chi connectivity index (χ1v) is 7.18. The Kier molecular flexibility index (Phi) is 3.24. The molecule has 0 atom stereocenters. The molecule has 2 heterocycles. The molecule has 2 aliphatic rings. The van der Waals surface area contributed by atoms with Crippen LogP contribution in [0.2, 0.25) is 0 Å². The first-order chi connectivity index (χ1) is 8.74. The van der Waals surface area contributed by atoms with Gasteiger partial charge in [0.15, 0.2) is 0 Å². The van der Waals surface area contributed by atoms with Crippen LogP contribution in [0.3, 0.4) is 0 Å². The SMILES string of the molecule is O=C(C1CC1)N1CCN(c2ccc(Br)cn2)CC1. The number of rotatable bonds is 2. The number of halogens is 1. The number of anilines is 1. The summed E-state index contributed by atoms with van der Waals surface area (Å²) in [5.74, 6) is 1.69. The van der Waals surface area contributed by atoms with Crippen molar-refractivity contribution >= 4 is 27.7 Å². The lowest BCUT2D eigenvalue weighted by atomic mass is 10.2. The number of piperazine rings is 1. The maximum absolute atomic E-state index is 11.9. The smallest absolute Gasteiger partial charge is 0.225 e. The number of carbonyl (C=O) groups excluding carboxylic acids is 1. The van der Waals surface area contributed by atoms with Gasteiger partial charge in [-0.3, -0.25) is 4.79 Å². The topological polar surface area (TPSA) is 36.4 Å². The molecule has 18 heavy (non-hydrogen) atoms. The Morgan fingerprint density at radius 3 is 2.50 bits per heavy atom. The summed E-state index contributed by atoms with van der Waals surface area (Å²) in [4.78, 5) is 20.6. The summed E-state index contributed by atoms with van der Waals surface area (Å²) in [6, 6.07) is 4.02. The van der Waals surface area contributed by atoms with Gasteiger partial charge in [0.25, 0.3) is 0 Å². The van der Waals surface area contributed by atoms with Gasteiger partial charge in [0.1, 0.15) is 5.82 Å². The fraction of sp³-hybridized carbons (Fsp3) is 0.538. The van der Waals surface area contributed by atoms with Gasteiger partial charge in [0.2, 0.25) is 5.91 Å². The molecule has 1 amide bonds. The lowest BCUT2D eigenvalue weighted by molar-refractivity contribution is -0.132. The van der Waals surface area contributed by atoms with E-state index in [1.807, 2.05) is 23.2 Å². The fourth-order valence-electron chi connectivity index (χ4n) is 2.30. The van der Waals surface area contributed by atoms with Crippen LogP contribution >= 0.6 is 15.9 Å². The molecular weight excluding hydrogens is 294 g/mol. The number of nitrogens with zero attached hydrogens (tertiary/aromatic N) is 3. The molecule has 96 valence electrons. The lowest BCUT2D eigenvalue weighted by Crippen LogP contribution is -2.49. The summed E-state index contributed by atoms with van der Waals surface area (Å²) >= 11 is 3.39. The molecule has 0 radical (unpaired) electrons. The van der Waals surface area contributed by atoms with Crippen LogP contribution in [-0.4, -0.2) is 42.0 Å². The van der Waals surface area contributed by atoms with Crippen molar-refractivity contribution in [2.75, 3.05) is 31.1 Å². The monoisotopic (exact) mass is 309 g/mol. The number of pyridine rings is 1. The summed E-state index contributed by atoms with van der Waals surface area (Å²) in [5, 5.41) is 0. The van der Waals surface area contributed by atoms with E-state index in [0.29, 0.717) is 11.8 Å². The van der Waals surface area contributed by atoms with Crippen molar-refractivity contribution in [2.45, 2.75) is 12.8 Å². The highest BCUT2D eigenvalue weighted by atomic mass is 79.9. The molecule has 0 aromatic carbocycles. The van der Waals surface area contributed by atoms with E-state index in [2.05, 4.69) is 25.8 Å². The van der Waals surface area contributed by atoms with Gasteiger partial charge >= 0.3 is 0 Å². The summed E-state index contributed by atoms with van der Waals surface area (Å²) in [6.07, 6.45) is 4.00. The Bertz CT molecular complexity index is 436. The third kappa shape index (κ3) is 2.51. The van der Waals surface area contributed by atoms with Crippen molar-refractivity contribution in [3.63, 3.8) is 0 Å². The molecule has 4 nitrogen and oxygen atoms in total. The van der Waals surface area contributed by atoms with Crippen molar-refractivity contribution in [3.05, 3.63) is 22.8 Å². The predicted octanol–water partition coefficient (Wildman–Crippen LogP) is 1.90. The van der Waals surface area contributed by atoms with Gasteiger partial charge in [-0.1, -0.05) is 0 Å². The van der Waals surface area contributed by atoms with Crippen LogP contribution in [0.25, 0.3) is 0 Å². The molecule has 1 aromatic rings. The van der Waals surface area contributed by atoms with Crippen molar-refractivity contribution < 1.29 is 4.79 Å². The van der Waals surface area contributed by atoms with Crippen LogP contribution < -0.4 is 4.90 Å². The normalized spacial score (nSPS) is 20.1. The zero-order valence-corrected chi connectivity index (χ0v) is 11.8. The molecule has 1 aliphatic heterocycles. The minimum atomic E-state index is 0.336. The van der Waals surface area contributed by atoms with Crippen LogP contribution in [0.1, 0.15) is 12.8 Å². The molecule has 5 heteroatoms. The molecule has 3 rings (SSSR count). The summed E-state index contributed by atoms with van der Waals surface area (Å²) in [6.45, 7) is 3.42. The minimum absolute atomic E-state index is 0.336. The van der Waals surface area contributed by atoms with E-state index in [0.717, 1.165) is 49.3 Å². The number of hydrogen-bond donors (Lipinski definition) is 0. The van der Waals surface area contributed by atoms with E-state index in [1.165, 1.54) is 0 Å². The van der Waals surface area contributed by atoms with Crippen LogP contribution in [0.15, 0.2) is 22.8 Å². The maximum atomic E-state index is 11.9. The molecule has 2 fully saturated rings. The second kappa shape index (κ2) is 4.88. The fourth-order valence-corrected chi connectivity index (χ4v) is 2.53. The quantitative estimate of drug-likeness (QED) is 0.837. The Hall–Kier alpha value is -1.10. The molecule has 1 saturated carbocycles. The molecule has 0 bridgehead atoms. The third-order valence-corrected chi connectivity index (χ3v) is 4.02. The van der Waals surface area contributed by atoms with Crippen molar-refractivity contribution in [2.24, 2.45) is 5.92 Å². The molecular formula is C13H16BrN3O. The second-order valence-electron chi connectivity index (χ2n) is 4.92. The molecule has 0 unspecified atom stereocenters. The zero-order chi connectivity index (χ0) is 12.5. The van der Waals surface area contributed by atoms with Crippen molar-refractivity contribution in [1.82, 2.24) is 9.88 Å². The van der Waals surface area contributed by atoms with Gasteiger partial charge in [-0.2, -0.15) is 0 Å². The van der Waals surface area contributed by atoms with Gasteiger partial charge in [-0.05, 0) is 40.9 Å². The average Bonchev–Trinajstić information content (AvgIpc) is 3.23. The summed E-state index contributed by atoms with van der Waals surface area (Å²) in [7, 11) is 0. The van der Waals surface area contributed by atoms with Crippen LogP contribution in [0.4, 0.5) is 5.82 Å². The number of aromatic nitrogens is 1. The van der Waals surface area contributed by atoms with E-state index in [4.69, 9.17) is 0 Å². The van der Waals surface area contributed by atoms with Crippen LogP contribution in [0.5, 0.6) is 0 Å². The average molecular weight is 310 g/mol. The largest absolute Gasteiger partial charge is 0.353 e. The van der Waals surface area contributed by atoms with E-state index >= 15 is 0 Å². The van der Waals surface area contributed by atoms with Crippen molar-refractivity contribution in [1.29, 1.82) is 0 Å². The van der Waals surface area contributed by atoms with Gasteiger partial charge in [-0.15, -0.1) is 0 Å².